The van der Waals surface area contributed by atoms with Gasteiger partial charge >= 0.3 is 0 Å². The van der Waals surface area contributed by atoms with Crippen molar-refractivity contribution in [3.63, 3.8) is 0 Å². The monoisotopic (exact) mass is 456 g/mol. The number of hydrogen-bond donors (Lipinski definition) is 0. The highest BCUT2D eigenvalue weighted by molar-refractivity contribution is 9.10. The fraction of sp³-hybridized carbons (Fsp3) is 0.160. The maximum Gasteiger partial charge on any atom is 0.199 e. The molecule has 0 bridgehead atoms. The molecule has 0 aliphatic heterocycles. The minimum absolute atomic E-state index is 0.101. The molecule has 5 rings (SSSR count). The number of fused-ring (bicyclic) bond motifs is 2. The van der Waals surface area contributed by atoms with Gasteiger partial charge in [0, 0.05) is 10.0 Å². The highest BCUT2D eigenvalue weighted by atomic mass is 79.9. The minimum Gasteiger partial charge on any atom is -0.275 e. The first kappa shape index (κ1) is 18.9. The van der Waals surface area contributed by atoms with Crippen LogP contribution in [0.15, 0.2) is 77.3 Å². The summed E-state index contributed by atoms with van der Waals surface area (Å²) in [5, 5.41) is 0. The van der Waals surface area contributed by atoms with E-state index >= 15 is 0 Å². The van der Waals surface area contributed by atoms with Crippen molar-refractivity contribution in [2.45, 2.75) is 26.2 Å². The Morgan fingerprint density at radius 1 is 0.767 bits per heavy atom. The van der Waals surface area contributed by atoms with E-state index in [0.717, 1.165) is 38.2 Å². The molecule has 30 heavy (non-hydrogen) atoms. The van der Waals surface area contributed by atoms with Crippen LogP contribution in [0.4, 0.5) is 0 Å². The maximum atomic E-state index is 4.91. The number of aromatic nitrogens is 4. The van der Waals surface area contributed by atoms with Crippen LogP contribution in [-0.2, 0) is 5.41 Å². The first-order valence-electron chi connectivity index (χ1n) is 9.92. The van der Waals surface area contributed by atoms with E-state index in [4.69, 9.17) is 15.0 Å². The summed E-state index contributed by atoms with van der Waals surface area (Å²) in [6.07, 6.45) is 0. The third-order valence-electron chi connectivity index (χ3n) is 5.25. The third kappa shape index (κ3) is 3.29. The highest BCUT2D eigenvalue weighted by Gasteiger charge is 2.19. The van der Waals surface area contributed by atoms with Gasteiger partial charge in [0.1, 0.15) is 5.82 Å². The van der Waals surface area contributed by atoms with Gasteiger partial charge in [-0.25, -0.2) is 15.0 Å². The van der Waals surface area contributed by atoms with Crippen LogP contribution in [0, 0.1) is 0 Å². The lowest BCUT2D eigenvalue weighted by atomic mass is 9.87. The van der Waals surface area contributed by atoms with Gasteiger partial charge in [-0.3, -0.25) is 4.57 Å². The molecular weight excluding hydrogens is 436 g/mol. The third-order valence-corrected chi connectivity index (χ3v) is 5.74. The molecule has 0 N–H and O–H groups in total. The molecule has 2 aromatic heterocycles. The number of halogens is 1. The quantitative estimate of drug-likeness (QED) is 0.296. The normalized spacial score (nSPS) is 12.0. The Labute approximate surface area is 183 Å². The molecule has 0 spiro atoms. The van der Waals surface area contributed by atoms with E-state index in [1.807, 2.05) is 36.4 Å². The van der Waals surface area contributed by atoms with E-state index in [1.165, 1.54) is 5.56 Å². The standard InChI is InChI=1S/C25H21BrN4/c1-25(2,3)17-13-11-16(12-14-17)23-29-22-24(28-21-10-5-4-9-20(21)27-22)30(23)19-8-6-7-18(26)15-19/h4-15H,1-3H3. The van der Waals surface area contributed by atoms with Crippen molar-refractivity contribution in [1.29, 1.82) is 0 Å². The molecule has 148 valence electrons. The zero-order valence-corrected chi connectivity index (χ0v) is 18.7. The lowest BCUT2D eigenvalue weighted by molar-refractivity contribution is 0.590. The smallest absolute Gasteiger partial charge is 0.199 e. The first-order valence-corrected chi connectivity index (χ1v) is 10.7. The van der Waals surface area contributed by atoms with Crippen LogP contribution in [0.25, 0.3) is 39.4 Å². The summed E-state index contributed by atoms with van der Waals surface area (Å²) in [5.41, 5.74) is 6.51. The molecule has 0 unspecified atom stereocenters. The summed E-state index contributed by atoms with van der Waals surface area (Å²) >= 11 is 3.59. The van der Waals surface area contributed by atoms with Gasteiger partial charge in [0.15, 0.2) is 11.3 Å². The molecule has 0 saturated carbocycles. The SMILES string of the molecule is CC(C)(C)c1ccc(-c2nc3nc4ccccc4nc3n2-c2cccc(Br)c2)cc1. The molecule has 0 radical (unpaired) electrons. The van der Waals surface area contributed by atoms with Crippen LogP contribution >= 0.6 is 15.9 Å². The van der Waals surface area contributed by atoms with E-state index < -0.39 is 0 Å². The molecule has 0 atom stereocenters. The van der Waals surface area contributed by atoms with Gasteiger partial charge in [0.2, 0.25) is 0 Å². The van der Waals surface area contributed by atoms with Crippen LogP contribution in [0.2, 0.25) is 0 Å². The van der Waals surface area contributed by atoms with Gasteiger partial charge in [-0.2, -0.15) is 0 Å². The van der Waals surface area contributed by atoms with Gasteiger partial charge in [-0.1, -0.05) is 79.2 Å². The highest BCUT2D eigenvalue weighted by Crippen LogP contribution is 2.31. The number of imidazole rings is 1. The topological polar surface area (TPSA) is 43.6 Å². The molecule has 5 aromatic rings. The summed E-state index contributed by atoms with van der Waals surface area (Å²) < 4.78 is 3.09. The average Bonchev–Trinajstić information content (AvgIpc) is 3.10. The van der Waals surface area contributed by atoms with E-state index in [2.05, 4.69) is 77.7 Å². The Balaban J connectivity index is 1.80. The zero-order chi connectivity index (χ0) is 20.9. The summed E-state index contributed by atoms with van der Waals surface area (Å²) in [5.74, 6) is 0.832. The Hall–Kier alpha value is -3.05. The van der Waals surface area contributed by atoms with Crippen molar-refractivity contribution in [2.75, 3.05) is 0 Å². The molecule has 0 aliphatic carbocycles. The van der Waals surface area contributed by atoms with E-state index in [-0.39, 0.29) is 5.41 Å². The number of para-hydroxylation sites is 2. The molecule has 0 aliphatic rings. The van der Waals surface area contributed by atoms with Crippen molar-refractivity contribution in [1.82, 2.24) is 19.5 Å². The van der Waals surface area contributed by atoms with Gasteiger partial charge in [-0.05, 0) is 41.3 Å². The molecule has 0 fully saturated rings. The van der Waals surface area contributed by atoms with Gasteiger partial charge < -0.3 is 0 Å². The van der Waals surface area contributed by atoms with Crippen molar-refractivity contribution < 1.29 is 0 Å². The van der Waals surface area contributed by atoms with Crippen molar-refractivity contribution in [3.05, 3.63) is 82.8 Å². The molecule has 2 heterocycles. The fourth-order valence-electron chi connectivity index (χ4n) is 3.63. The predicted molar refractivity (Wildman–Crippen MR) is 126 cm³/mol. The fourth-order valence-corrected chi connectivity index (χ4v) is 4.02. The Bertz CT molecular complexity index is 1380. The number of hydrogen-bond acceptors (Lipinski definition) is 3. The minimum atomic E-state index is 0.101. The largest absolute Gasteiger partial charge is 0.275 e. The lowest BCUT2D eigenvalue weighted by Crippen LogP contribution is -2.10. The van der Waals surface area contributed by atoms with Crippen molar-refractivity contribution >= 4 is 38.3 Å². The number of benzene rings is 3. The van der Waals surface area contributed by atoms with Crippen LogP contribution in [0.3, 0.4) is 0 Å². The lowest BCUT2D eigenvalue weighted by Gasteiger charge is -2.19. The van der Waals surface area contributed by atoms with Gasteiger partial charge in [0.25, 0.3) is 0 Å². The van der Waals surface area contributed by atoms with Crippen molar-refractivity contribution in [2.24, 2.45) is 0 Å². The molecule has 0 saturated heterocycles. The van der Waals surface area contributed by atoms with Crippen molar-refractivity contribution in [3.8, 4) is 17.1 Å². The Morgan fingerprint density at radius 2 is 1.47 bits per heavy atom. The summed E-state index contributed by atoms with van der Waals surface area (Å²) in [4.78, 5) is 14.6. The van der Waals surface area contributed by atoms with Gasteiger partial charge in [0.05, 0.1) is 16.7 Å². The van der Waals surface area contributed by atoms with Crippen LogP contribution in [-0.4, -0.2) is 19.5 Å². The zero-order valence-electron chi connectivity index (χ0n) is 17.1. The summed E-state index contributed by atoms with van der Waals surface area (Å²) in [6, 6.07) is 24.7. The van der Waals surface area contributed by atoms with E-state index in [9.17, 15) is 0 Å². The molecule has 5 heteroatoms. The summed E-state index contributed by atoms with van der Waals surface area (Å²) in [6.45, 7) is 6.66. The second-order valence-electron chi connectivity index (χ2n) is 8.44. The number of nitrogens with zero attached hydrogens (tertiary/aromatic N) is 4. The molecule has 0 amide bonds. The Kier molecular flexibility index (Phi) is 4.44. The molecule has 4 nitrogen and oxygen atoms in total. The Morgan fingerprint density at radius 3 is 2.13 bits per heavy atom. The maximum absolute atomic E-state index is 4.91. The molecule has 3 aromatic carbocycles. The van der Waals surface area contributed by atoms with E-state index in [0.29, 0.717) is 5.65 Å². The molecular formula is C25H21BrN4. The van der Waals surface area contributed by atoms with E-state index in [1.54, 1.807) is 0 Å². The van der Waals surface area contributed by atoms with Crippen LogP contribution in [0.1, 0.15) is 26.3 Å². The second-order valence-corrected chi connectivity index (χ2v) is 9.35. The number of rotatable bonds is 2. The summed E-state index contributed by atoms with van der Waals surface area (Å²) in [7, 11) is 0. The van der Waals surface area contributed by atoms with Crippen LogP contribution in [0.5, 0.6) is 0 Å². The van der Waals surface area contributed by atoms with Gasteiger partial charge in [-0.15, -0.1) is 0 Å². The first-order chi connectivity index (χ1) is 14.4. The van der Waals surface area contributed by atoms with Crippen LogP contribution < -0.4 is 0 Å². The predicted octanol–water partition coefficient (Wildman–Crippen LogP) is 6.70. The second kappa shape index (κ2) is 7.03. The average molecular weight is 457 g/mol.